The van der Waals surface area contributed by atoms with E-state index >= 15 is 0 Å². The number of rotatable bonds is 6. The molecule has 1 aliphatic rings. The van der Waals surface area contributed by atoms with Gasteiger partial charge in [0.2, 0.25) is 5.91 Å². The van der Waals surface area contributed by atoms with Crippen molar-refractivity contribution in [3.05, 3.63) is 138 Å². The Morgan fingerprint density at radius 3 is 2.03 bits per heavy atom. The lowest BCUT2D eigenvalue weighted by Crippen LogP contribution is -2.46. The Hall–Kier alpha value is -4.82. The van der Waals surface area contributed by atoms with Crippen molar-refractivity contribution in [2.24, 2.45) is 0 Å². The molecule has 8 heteroatoms. The van der Waals surface area contributed by atoms with Crippen molar-refractivity contribution in [2.75, 3.05) is 13.1 Å². The van der Waals surface area contributed by atoms with E-state index in [9.17, 15) is 19.2 Å². The number of imide groups is 1. The number of H-pyrrole nitrogens is 2. The van der Waals surface area contributed by atoms with Crippen molar-refractivity contribution in [1.82, 2.24) is 20.2 Å². The Morgan fingerprint density at radius 2 is 1.36 bits per heavy atom. The standard InChI is InChI=1S/C31H28N4O4/c36-28(15-17-35-16-14-23-8-4-5-9-25(23)20-35)34-29(37)24-12-10-22(11-13-24)19-27-31(39)32-26(30(38)33-27)18-21-6-2-1-3-7-21/h1-13,18-19H,14-17,20H2,(H,32,39)(H,33,38)(H,34,36,37). The van der Waals surface area contributed by atoms with Gasteiger partial charge in [0, 0.05) is 31.6 Å². The minimum atomic E-state index is -0.484. The SMILES string of the molecule is O=C(CCN1CCc2ccccc2C1)NC(=O)c1ccc(C=c2[nH]c(=O)c(=Cc3ccccc3)[nH]c2=O)cc1. The molecule has 0 bridgehead atoms. The Labute approximate surface area is 224 Å². The predicted molar refractivity (Wildman–Crippen MR) is 149 cm³/mol. The molecule has 1 aromatic heterocycles. The predicted octanol–water partition coefficient (Wildman–Crippen LogP) is 1.43. The van der Waals surface area contributed by atoms with E-state index in [1.54, 1.807) is 30.3 Å². The van der Waals surface area contributed by atoms with E-state index < -0.39 is 17.0 Å². The molecule has 1 aliphatic heterocycles. The Bertz CT molecular complexity index is 1740. The first-order valence-corrected chi connectivity index (χ1v) is 12.8. The van der Waals surface area contributed by atoms with Crippen molar-refractivity contribution < 1.29 is 9.59 Å². The number of carbonyl (C=O) groups excluding carboxylic acids is 2. The topological polar surface area (TPSA) is 115 Å². The molecule has 0 saturated carbocycles. The fourth-order valence-corrected chi connectivity index (χ4v) is 4.58. The highest BCUT2D eigenvalue weighted by Crippen LogP contribution is 2.18. The van der Waals surface area contributed by atoms with E-state index in [-0.39, 0.29) is 23.0 Å². The Morgan fingerprint density at radius 1 is 0.769 bits per heavy atom. The molecule has 4 aromatic rings. The summed E-state index contributed by atoms with van der Waals surface area (Å²) in [5, 5.41) is 2.70. The van der Waals surface area contributed by atoms with Gasteiger partial charge in [-0.3, -0.25) is 29.4 Å². The van der Waals surface area contributed by atoms with E-state index in [1.165, 1.54) is 17.2 Å². The number of hydrogen-bond acceptors (Lipinski definition) is 5. The fourth-order valence-electron chi connectivity index (χ4n) is 4.58. The van der Waals surface area contributed by atoms with Gasteiger partial charge in [0.15, 0.2) is 0 Å². The van der Waals surface area contributed by atoms with Gasteiger partial charge in [-0.05, 0) is 53.0 Å². The molecule has 0 radical (unpaired) electrons. The molecular weight excluding hydrogens is 492 g/mol. The smallest absolute Gasteiger partial charge is 0.272 e. The lowest BCUT2D eigenvalue weighted by molar-refractivity contribution is -0.120. The molecule has 196 valence electrons. The van der Waals surface area contributed by atoms with Crippen LogP contribution in [0.2, 0.25) is 0 Å². The van der Waals surface area contributed by atoms with Crippen LogP contribution in [0.3, 0.4) is 0 Å². The zero-order valence-electron chi connectivity index (χ0n) is 21.3. The summed E-state index contributed by atoms with van der Waals surface area (Å²) in [5.74, 6) is -0.811. The van der Waals surface area contributed by atoms with E-state index in [0.29, 0.717) is 17.7 Å². The molecule has 2 heterocycles. The fraction of sp³-hybridized carbons (Fsp3) is 0.161. The van der Waals surface area contributed by atoms with E-state index in [0.717, 1.165) is 25.1 Å². The number of aromatic nitrogens is 2. The van der Waals surface area contributed by atoms with Crippen LogP contribution in [-0.4, -0.2) is 39.8 Å². The molecule has 3 N–H and O–H groups in total. The van der Waals surface area contributed by atoms with Gasteiger partial charge in [-0.1, -0.05) is 66.7 Å². The zero-order chi connectivity index (χ0) is 27.2. The van der Waals surface area contributed by atoms with Crippen LogP contribution in [0.1, 0.15) is 39.0 Å². The summed E-state index contributed by atoms with van der Waals surface area (Å²) >= 11 is 0. The van der Waals surface area contributed by atoms with Crippen LogP contribution in [0.15, 0.2) is 88.5 Å². The van der Waals surface area contributed by atoms with Crippen molar-refractivity contribution >= 4 is 24.0 Å². The molecule has 0 unspecified atom stereocenters. The van der Waals surface area contributed by atoms with E-state index in [2.05, 4.69) is 32.3 Å². The average Bonchev–Trinajstić information content (AvgIpc) is 2.95. The van der Waals surface area contributed by atoms with Crippen LogP contribution in [0.4, 0.5) is 0 Å². The zero-order valence-corrected chi connectivity index (χ0v) is 21.3. The first-order chi connectivity index (χ1) is 18.9. The van der Waals surface area contributed by atoms with Gasteiger partial charge in [0.05, 0.1) is 0 Å². The molecule has 0 fully saturated rings. The Kier molecular flexibility index (Phi) is 7.75. The summed E-state index contributed by atoms with van der Waals surface area (Å²) in [4.78, 5) is 57.4. The lowest BCUT2D eigenvalue weighted by Gasteiger charge is -2.28. The molecular formula is C31H28N4O4. The van der Waals surface area contributed by atoms with Crippen LogP contribution in [0.5, 0.6) is 0 Å². The van der Waals surface area contributed by atoms with Gasteiger partial charge >= 0.3 is 0 Å². The van der Waals surface area contributed by atoms with Crippen LogP contribution in [0.25, 0.3) is 12.2 Å². The molecule has 3 aromatic carbocycles. The maximum atomic E-state index is 12.6. The second kappa shape index (κ2) is 11.7. The summed E-state index contributed by atoms with van der Waals surface area (Å²) < 4.78 is 0. The minimum Gasteiger partial charge on any atom is -0.316 e. The number of nitrogens with zero attached hydrogens (tertiary/aromatic N) is 1. The van der Waals surface area contributed by atoms with Crippen LogP contribution >= 0.6 is 0 Å². The monoisotopic (exact) mass is 520 g/mol. The van der Waals surface area contributed by atoms with Crippen molar-refractivity contribution in [3.8, 4) is 0 Å². The molecule has 0 atom stereocenters. The lowest BCUT2D eigenvalue weighted by atomic mass is 10.00. The summed E-state index contributed by atoms with van der Waals surface area (Å²) in [6.07, 6.45) is 4.31. The number of benzene rings is 3. The number of nitrogens with one attached hydrogen (secondary N) is 3. The molecule has 8 nitrogen and oxygen atoms in total. The quantitative estimate of drug-likeness (QED) is 0.356. The van der Waals surface area contributed by atoms with Gasteiger partial charge in [-0.2, -0.15) is 0 Å². The number of amides is 2. The third-order valence-corrected chi connectivity index (χ3v) is 6.70. The number of carbonyl (C=O) groups is 2. The van der Waals surface area contributed by atoms with Gasteiger partial charge < -0.3 is 9.97 Å². The van der Waals surface area contributed by atoms with Crippen LogP contribution < -0.4 is 27.1 Å². The highest BCUT2D eigenvalue weighted by atomic mass is 16.2. The van der Waals surface area contributed by atoms with Gasteiger partial charge in [-0.25, -0.2) is 0 Å². The summed E-state index contributed by atoms with van der Waals surface area (Å²) in [6.45, 7) is 2.27. The number of fused-ring (bicyclic) bond motifs is 1. The highest BCUT2D eigenvalue weighted by Gasteiger charge is 2.17. The van der Waals surface area contributed by atoms with E-state index in [1.807, 2.05) is 42.5 Å². The van der Waals surface area contributed by atoms with Gasteiger partial charge in [-0.15, -0.1) is 0 Å². The second-order valence-electron chi connectivity index (χ2n) is 9.48. The second-order valence-corrected chi connectivity index (χ2v) is 9.48. The van der Waals surface area contributed by atoms with Gasteiger partial charge in [0.1, 0.15) is 10.7 Å². The maximum Gasteiger partial charge on any atom is 0.272 e. The van der Waals surface area contributed by atoms with Crippen LogP contribution in [-0.2, 0) is 17.8 Å². The Balaban J connectivity index is 1.20. The number of hydrogen-bond donors (Lipinski definition) is 3. The molecule has 0 spiro atoms. The summed E-state index contributed by atoms with van der Waals surface area (Å²) in [6, 6.07) is 24.0. The molecule has 0 aliphatic carbocycles. The van der Waals surface area contributed by atoms with Crippen molar-refractivity contribution in [1.29, 1.82) is 0 Å². The molecule has 2 amide bonds. The minimum absolute atomic E-state index is 0.0953. The largest absolute Gasteiger partial charge is 0.316 e. The van der Waals surface area contributed by atoms with Crippen LogP contribution in [0, 0.1) is 0 Å². The first kappa shape index (κ1) is 25.8. The summed E-state index contributed by atoms with van der Waals surface area (Å²) in [7, 11) is 0. The van der Waals surface area contributed by atoms with Crippen molar-refractivity contribution in [3.63, 3.8) is 0 Å². The highest BCUT2D eigenvalue weighted by molar-refractivity contribution is 6.04. The summed E-state index contributed by atoms with van der Waals surface area (Å²) in [5.41, 5.74) is 3.49. The third-order valence-electron chi connectivity index (χ3n) is 6.70. The van der Waals surface area contributed by atoms with Crippen molar-refractivity contribution in [2.45, 2.75) is 19.4 Å². The van der Waals surface area contributed by atoms with Gasteiger partial charge in [0.25, 0.3) is 17.0 Å². The molecule has 39 heavy (non-hydrogen) atoms. The normalized spacial score (nSPS) is 14.2. The molecule has 5 rings (SSSR count). The maximum absolute atomic E-state index is 12.6. The average molecular weight is 521 g/mol. The third kappa shape index (κ3) is 6.55. The molecule has 0 saturated heterocycles. The number of aromatic amines is 2. The van der Waals surface area contributed by atoms with E-state index in [4.69, 9.17) is 0 Å². The first-order valence-electron chi connectivity index (χ1n) is 12.8.